The zero-order valence-corrected chi connectivity index (χ0v) is 60.6. The van der Waals surface area contributed by atoms with Crippen LogP contribution in [0.15, 0.2) is 689 Å². The van der Waals surface area contributed by atoms with Crippen molar-refractivity contribution in [2.45, 2.75) is 0 Å². The van der Waals surface area contributed by atoms with Crippen LogP contribution in [0.2, 0.25) is 0 Å². The minimum absolute atomic E-state index is 1.36. The molecule has 0 amide bonds. The molecule has 2 N–H and O–H groups in total. The third kappa shape index (κ3) is 105. The van der Waals surface area contributed by atoms with Crippen molar-refractivity contribution in [3.8, 4) is 0 Å². The summed E-state index contributed by atoms with van der Waals surface area (Å²) in [6, 6.07) is 0. The normalized spacial score (nSPS) is 15.8. The van der Waals surface area contributed by atoms with Crippen LogP contribution in [0.5, 0.6) is 0 Å². The maximum absolute atomic E-state index is 4.64. The molecule has 0 saturated carbocycles. The van der Waals surface area contributed by atoms with Gasteiger partial charge in [-0.05, 0) is 78.3 Å². The van der Waals surface area contributed by atoms with E-state index in [1.807, 2.05) is 0 Å². The van der Waals surface area contributed by atoms with E-state index in [9.17, 15) is 0 Å². The second kappa shape index (κ2) is 106. The van der Waals surface area contributed by atoms with Gasteiger partial charge < -0.3 is 5.84 Å². The van der Waals surface area contributed by atoms with Gasteiger partial charge >= 0.3 is 0 Å². The summed E-state index contributed by atoms with van der Waals surface area (Å²) >= 11 is 0. The number of nitrogens with zero attached hydrogens (tertiary/aromatic N) is 132. The lowest BCUT2D eigenvalue weighted by molar-refractivity contribution is 0.722. The Bertz CT molecular complexity index is 4600. The molecule has 0 atom stereocenters. The summed E-state index contributed by atoms with van der Waals surface area (Å²) < 4.78 is 0. The molecule has 0 heterocycles. The van der Waals surface area contributed by atoms with Gasteiger partial charge in [0, 0.05) is 601 Å². The molecule has 0 unspecified atom stereocenters. The van der Waals surface area contributed by atoms with E-state index < -0.39 is 0 Å². The van der Waals surface area contributed by atoms with E-state index in [4.69, 9.17) is 0 Å². The topological polar surface area (TPSA) is 1660 Å². The van der Waals surface area contributed by atoms with Gasteiger partial charge in [-0.3, -0.25) is 0 Å². The Labute approximate surface area is 702 Å². The highest BCUT2D eigenvalue weighted by atomic mass is 15.8. The molecule has 0 radical (unpaired) electrons. The summed E-state index contributed by atoms with van der Waals surface area (Å²) in [5.41, 5.74) is 0. The second-order valence-corrected chi connectivity index (χ2v) is 11.9. The van der Waals surface area contributed by atoms with Gasteiger partial charge in [0.25, 0.3) is 0 Å². The minimum atomic E-state index is 1.36. The van der Waals surface area contributed by atoms with Crippen molar-refractivity contribution in [3.63, 3.8) is 0 Å². The van der Waals surface area contributed by atoms with Crippen molar-refractivity contribution in [3.05, 3.63) is 0 Å². The number of hydrogen-bond donors (Lipinski definition) is 1. The van der Waals surface area contributed by atoms with Crippen molar-refractivity contribution in [1.29, 1.82) is 0 Å². The van der Waals surface area contributed by atoms with Crippen LogP contribution in [0.4, 0.5) is 0 Å². The highest BCUT2D eigenvalue weighted by molar-refractivity contribution is 4.26. The summed E-state index contributed by atoms with van der Waals surface area (Å²) in [6.07, 6.45) is 0. The molecule has 0 rings (SSSR count). The summed E-state index contributed by atoms with van der Waals surface area (Å²) in [6.45, 7) is 0. The van der Waals surface area contributed by atoms with Crippen molar-refractivity contribution >= 4 is 0 Å². The molecule has 0 aliphatic carbocycles. The largest absolute Gasteiger partial charge is 0.303 e. The average Bonchev–Trinajstić information content (AvgIpc) is 1.13. The first kappa shape index (κ1) is 107. The highest BCUT2D eigenvalue weighted by Gasteiger charge is 1.83. The summed E-state index contributed by atoms with van der Waals surface area (Å²) in [7, 11) is 1.36. The Morgan fingerprint density at radius 2 is 0.0970 bits per heavy atom. The van der Waals surface area contributed by atoms with Crippen LogP contribution >= 0.6 is 0 Å². The van der Waals surface area contributed by atoms with Crippen LogP contribution in [0, 0.1) is 0 Å². The molecule has 0 aromatic heterocycles. The first-order valence-electron chi connectivity index (χ1n) is 26.9. The molecule has 0 aromatic carbocycles. The molecular formula is CH5N133. The Hall–Kier alpha value is -26.6. The maximum atomic E-state index is 4.64. The Morgan fingerprint density at radius 3 is 0.134 bits per heavy atom. The molecule has 0 aromatic rings. The van der Waals surface area contributed by atoms with E-state index in [0.717, 1.165) is 0 Å². The number of hydrogen-bond acceptors (Lipinski definition) is 2. The Balaban J connectivity index is 4.14. The van der Waals surface area contributed by atoms with E-state index in [1.165, 1.54) is 7.05 Å². The summed E-state index contributed by atoms with van der Waals surface area (Å²) in [5.74, 6) is 4.64. The van der Waals surface area contributed by atoms with E-state index in [2.05, 4.69) is 695 Å². The fraction of sp³-hybridized carbons (Fsp3) is 1.00. The van der Waals surface area contributed by atoms with Crippen LogP contribution < -0.4 is 5.84 Å². The van der Waals surface area contributed by atoms with Gasteiger partial charge in [-0.1, -0.05) is 5.22 Å². The van der Waals surface area contributed by atoms with Gasteiger partial charge in [-0.15, -0.1) is 0 Å². The number of rotatable bonds is 65. The minimum Gasteiger partial charge on any atom is -0.303 e. The van der Waals surface area contributed by atoms with Gasteiger partial charge in [-0.25, -0.2) is 0 Å². The maximum Gasteiger partial charge on any atom is 0.0510 e. The first-order chi connectivity index (χ1) is 66.9. The zero-order valence-electron chi connectivity index (χ0n) is 60.6. The number of nitrogens with two attached hydrogens (primary N) is 1. The van der Waals surface area contributed by atoms with Gasteiger partial charge in [0.15, 0.2) is 0 Å². The quantitative estimate of drug-likeness (QED) is 0.0346. The lowest BCUT2D eigenvalue weighted by Gasteiger charge is -1.71. The monoisotopic (exact) mass is 1880 g/mol. The van der Waals surface area contributed by atoms with Crippen molar-refractivity contribution < 1.29 is 0 Å². The molecule has 0 saturated heterocycles. The first-order valence-corrected chi connectivity index (χ1v) is 26.9. The average molecular weight is 1880 g/mol. The van der Waals surface area contributed by atoms with Gasteiger partial charge in [-0.2, -0.15) is 5.11 Å². The molecule has 0 bridgehead atoms. The molecule has 134 heavy (non-hydrogen) atoms. The van der Waals surface area contributed by atoms with Crippen LogP contribution in [-0.4, -0.2) is 7.05 Å². The van der Waals surface area contributed by atoms with E-state index in [-0.39, 0.29) is 0 Å². The van der Waals surface area contributed by atoms with Gasteiger partial charge in [0.1, 0.15) is 0 Å². The molecular weight excluding hydrogens is 1870 g/mol. The molecule has 0 aliphatic heterocycles. The smallest absolute Gasteiger partial charge is 0.0510 e. The molecule has 133 nitrogen and oxygen atoms in total. The Morgan fingerprint density at radius 1 is 0.0597 bits per heavy atom. The molecule has 133 heteroatoms. The van der Waals surface area contributed by atoms with E-state index in [1.54, 1.807) is 0 Å². The molecule has 0 spiro atoms. The third-order valence-corrected chi connectivity index (χ3v) is 5.30. The highest BCUT2D eigenvalue weighted by Crippen LogP contribution is 2.02. The molecule has 0 fully saturated rings. The lowest BCUT2D eigenvalue weighted by Crippen LogP contribution is -1.70. The van der Waals surface area contributed by atoms with E-state index in [0.29, 0.717) is 0 Å². The lowest BCUT2D eigenvalue weighted by atomic mass is 11.6. The predicted octanol–water partition coefficient (Wildman–Crippen LogP) is 23.8. The fourth-order valence-electron chi connectivity index (χ4n) is 2.35. The van der Waals surface area contributed by atoms with Crippen molar-refractivity contribution in [1.82, 2.24) is 0 Å². The standard InChI is InChI=1S/CH5N133/c1-3-5-7-9-11-13-15-17-19-21-23-25-27-29-31-33-35-37-39-41-43-45-47-49-51-53-55-57-59-61-63-65-67-69-71-73-75-77-79-81-83-85-87-89-91-93-95-97-99-101-103-105-107-109-111-113-115-117-119-121-123-125-127-129-131-133-134-132-130-128-126-124-122-120-118-116-114-112-110-108-106-104-102-100-98-96-94-92-90-88-86-84-82-80-78-76-74-72-70-68-66-64-62-60-58-56-54-52-50-48-46-44-42-40-38-36-34-32-30-28-26-24-22-20-18-16-14-12-10-8-6-4-2/h1H3,(H2,2,3,6,7,10,11,14,15,18,19,22,23,26,27,30,31,34,35,38,39,42,43,46,47,50,51,54,55,58,59,62,63,66,67,70,71,74,75,78,79,82,83,86,87,90,91,94,95,98,99,102,103,106,107,110,111,114,115,118,119,122,123,126,127,130,131,134). The van der Waals surface area contributed by atoms with Crippen LogP contribution in [0.25, 0.3) is 0 Å². The van der Waals surface area contributed by atoms with E-state index >= 15 is 0 Å². The summed E-state index contributed by atoms with van der Waals surface area (Å²) in [4.78, 5) is 0. The van der Waals surface area contributed by atoms with Crippen molar-refractivity contribution in [2.75, 3.05) is 7.05 Å². The van der Waals surface area contributed by atoms with Crippen molar-refractivity contribution in [2.24, 2.45) is 695 Å². The van der Waals surface area contributed by atoms with Crippen LogP contribution in [0.3, 0.4) is 0 Å². The van der Waals surface area contributed by atoms with Gasteiger partial charge in [0.05, 0.1) is 7.05 Å². The summed E-state index contributed by atoms with van der Waals surface area (Å²) in [5, 5.41) is 396. The van der Waals surface area contributed by atoms with Crippen LogP contribution in [0.1, 0.15) is 0 Å². The fourth-order valence-corrected chi connectivity index (χ4v) is 2.35. The molecule has 0 aliphatic rings. The molecule has 674 valence electrons. The SMILES string of the molecule is CN=NN=NN=NN=NN=NN=NN=NN=NN=NN=NN=NN=NN=NN=NN=NN=NN=NN=NN=NN=NN=NN=NN=NN=NN=NN=NN=NN=NN=NN=NN=NN=NN=NN=NN=NN=NN=NN=NN=NN=NN=NN=NN=NN=NN=NN=NN=NN=NN=NN=NN=NN=NN=NN=NN=NN=NN=NN=NN=NN=NN=NN=NN=NN=NN=NN=NN. The zero-order chi connectivity index (χ0) is 95.3. The Kier molecular flexibility index (Phi) is 85.3. The third-order valence-electron chi connectivity index (χ3n) is 5.30. The predicted molar refractivity (Wildman–Crippen MR) is 331 cm³/mol. The van der Waals surface area contributed by atoms with Gasteiger partial charge in [0.2, 0.25) is 0 Å². The van der Waals surface area contributed by atoms with Crippen LogP contribution in [-0.2, 0) is 0 Å². The second-order valence-electron chi connectivity index (χ2n) is 11.9.